The van der Waals surface area contributed by atoms with Crippen LogP contribution in [0.25, 0.3) is 0 Å². The molecule has 1 unspecified atom stereocenters. The minimum atomic E-state index is -1.25. The molecule has 0 aliphatic heterocycles. The summed E-state index contributed by atoms with van der Waals surface area (Å²) in [5.74, 6) is -0.814. The zero-order valence-electron chi connectivity index (χ0n) is 11.2. The van der Waals surface area contributed by atoms with E-state index in [4.69, 9.17) is 10.3 Å². The van der Waals surface area contributed by atoms with Gasteiger partial charge in [-0.2, -0.15) is 0 Å². The van der Waals surface area contributed by atoms with Crippen molar-refractivity contribution >= 4 is 5.97 Å². The first-order valence-electron chi connectivity index (χ1n) is 5.84. The Bertz CT molecular complexity index is 502. The largest absolute Gasteiger partial charge is 0.546 e. The SMILES string of the molecule is CC(C)(C)C(Oc1cccc(CN=[N+]=N)c1)C(=O)[O-]. The number of ether oxygens (including phenoxy) is 1. The minimum absolute atomic E-state index is 0.256. The maximum absolute atomic E-state index is 11.1. The number of aliphatic carboxylic acids is 1. The van der Waals surface area contributed by atoms with Gasteiger partial charge in [0.05, 0.1) is 5.97 Å². The molecule has 0 radical (unpaired) electrons. The van der Waals surface area contributed by atoms with E-state index in [2.05, 4.69) is 10.0 Å². The lowest BCUT2D eigenvalue weighted by Crippen LogP contribution is -2.47. The molecule has 0 bridgehead atoms. The van der Waals surface area contributed by atoms with Gasteiger partial charge in [0.2, 0.25) is 4.91 Å². The maximum atomic E-state index is 11.1. The van der Waals surface area contributed by atoms with Gasteiger partial charge in [-0.15, -0.1) is 0 Å². The van der Waals surface area contributed by atoms with Crippen LogP contribution in [0.15, 0.2) is 29.4 Å². The van der Waals surface area contributed by atoms with Crippen LogP contribution >= 0.6 is 0 Å². The smallest absolute Gasteiger partial charge is 0.214 e. The van der Waals surface area contributed by atoms with Crippen LogP contribution in [0.5, 0.6) is 5.75 Å². The van der Waals surface area contributed by atoms with Gasteiger partial charge in [0.1, 0.15) is 29.0 Å². The lowest BCUT2D eigenvalue weighted by atomic mass is 9.89. The highest BCUT2D eigenvalue weighted by Gasteiger charge is 2.27. The molecule has 1 N–H and O–H groups in total. The summed E-state index contributed by atoms with van der Waals surface area (Å²) in [6.45, 7) is 5.56. The Hall–Kier alpha value is -2.20. The molecule has 1 aromatic carbocycles. The van der Waals surface area contributed by atoms with Gasteiger partial charge in [-0.05, 0) is 17.7 Å². The molecule has 6 nitrogen and oxygen atoms in total. The van der Waals surface area contributed by atoms with E-state index in [9.17, 15) is 9.90 Å². The number of carboxylic acids is 1. The van der Waals surface area contributed by atoms with E-state index in [-0.39, 0.29) is 6.54 Å². The second-order valence-electron chi connectivity index (χ2n) is 5.23. The predicted molar refractivity (Wildman–Crippen MR) is 66.3 cm³/mol. The molecule has 0 saturated heterocycles. The third kappa shape index (κ3) is 4.52. The van der Waals surface area contributed by atoms with Crippen LogP contribution in [0, 0.1) is 10.9 Å². The molecule has 0 aliphatic carbocycles. The number of carbonyl (C=O) groups is 1. The summed E-state index contributed by atoms with van der Waals surface area (Å²) >= 11 is 0. The summed E-state index contributed by atoms with van der Waals surface area (Å²) < 4.78 is 5.48. The highest BCUT2D eigenvalue weighted by Crippen LogP contribution is 2.25. The van der Waals surface area contributed by atoms with Gasteiger partial charge in [-0.3, -0.25) is 0 Å². The van der Waals surface area contributed by atoms with Crippen LogP contribution in [-0.2, 0) is 11.3 Å². The normalized spacial score (nSPS) is 12.4. The van der Waals surface area contributed by atoms with Crippen LogP contribution in [-0.4, -0.2) is 12.1 Å². The van der Waals surface area contributed by atoms with Crippen molar-refractivity contribution < 1.29 is 14.6 Å². The number of benzene rings is 1. The van der Waals surface area contributed by atoms with Crippen molar-refractivity contribution in [3.05, 3.63) is 29.8 Å². The van der Waals surface area contributed by atoms with E-state index in [1.54, 1.807) is 45.0 Å². The van der Waals surface area contributed by atoms with Gasteiger partial charge in [0.15, 0.2) is 0 Å². The van der Waals surface area contributed by atoms with E-state index >= 15 is 0 Å². The summed E-state index contributed by atoms with van der Waals surface area (Å²) in [7, 11) is 0. The summed E-state index contributed by atoms with van der Waals surface area (Å²) in [5, 5.41) is 14.7. The van der Waals surface area contributed by atoms with E-state index in [0.29, 0.717) is 5.75 Å². The first-order chi connectivity index (χ1) is 8.84. The van der Waals surface area contributed by atoms with Crippen molar-refractivity contribution in [2.24, 2.45) is 10.5 Å². The van der Waals surface area contributed by atoms with Crippen molar-refractivity contribution in [1.29, 1.82) is 5.53 Å². The van der Waals surface area contributed by atoms with Crippen LogP contribution in [0.4, 0.5) is 0 Å². The molecule has 1 atom stereocenters. The summed E-state index contributed by atoms with van der Waals surface area (Å²) in [6, 6.07) is 6.88. The minimum Gasteiger partial charge on any atom is -0.546 e. The highest BCUT2D eigenvalue weighted by atomic mass is 16.5. The van der Waals surface area contributed by atoms with Gasteiger partial charge >= 0.3 is 0 Å². The molecular weight excluding hydrogens is 246 g/mol. The number of carboxylic acid groups (broad SMARTS) is 1. The Morgan fingerprint density at radius 2 is 2.21 bits per heavy atom. The molecular formula is C13H17N3O3. The lowest BCUT2D eigenvalue weighted by molar-refractivity contribution is -0.317. The van der Waals surface area contributed by atoms with Crippen LogP contribution < -0.4 is 14.8 Å². The molecule has 0 saturated carbocycles. The number of nitrogens with one attached hydrogen (secondary N) is 1. The van der Waals surface area contributed by atoms with Gasteiger partial charge < -0.3 is 14.6 Å². The van der Waals surface area contributed by atoms with E-state index in [1.807, 2.05) is 0 Å². The zero-order valence-corrected chi connectivity index (χ0v) is 11.2. The molecule has 0 aliphatic rings. The molecule has 0 fully saturated rings. The number of carbonyl (C=O) groups excluding carboxylic acids is 1. The topological polar surface area (TPSA) is 99.7 Å². The monoisotopic (exact) mass is 263 g/mol. The van der Waals surface area contributed by atoms with Crippen molar-refractivity contribution in [3.8, 4) is 5.75 Å². The Balaban J connectivity index is 2.91. The Morgan fingerprint density at radius 1 is 1.53 bits per heavy atom. The fourth-order valence-electron chi connectivity index (χ4n) is 1.55. The maximum Gasteiger partial charge on any atom is 0.214 e. The first-order valence-corrected chi connectivity index (χ1v) is 5.84. The number of hydrogen-bond acceptors (Lipinski definition) is 5. The van der Waals surface area contributed by atoms with E-state index in [0.717, 1.165) is 5.56 Å². The fourth-order valence-corrected chi connectivity index (χ4v) is 1.55. The molecule has 0 spiro atoms. The molecule has 102 valence electrons. The fraction of sp³-hybridized carbons (Fsp3) is 0.462. The van der Waals surface area contributed by atoms with Crippen LogP contribution in [0.3, 0.4) is 0 Å². The van der Waals surface area contributed by atoms with Crippen molar-refractivity contribution in [3.63, 3.8) is 0 Å². The van der Waals surface area contributed by atoms with Crippen molar-refractivity contribution in [1.82, 2.24) is 4.91 Å². The van der Waals surface area contributed by atoms with Crippen molar-refractivity contribution in [2.45, 2.75) is 33.4 Å². The van der Waals surface area contributed by atoms with E-state index < -0.39 is 17.5 Å². The molecule has 19 heavy (non-hydrogen) atoms. The van der Waals surface area contributed by atoms with Gasteiger partial charge in [0.25, 0.3) is 0 Å². The lowest BCUT2D eigenvalue weighted by Gasteiger charge is -2.31. The molecule has 1 rings (SSSR count). The second kappa shape index (κ2) is 6.11. The highest BCUT2D eigenvalue weighted by molar-refractivity contribution is 5.71. The average Bonchev–Trinajstić information content (AvgIpc) is 2.32. The van der Waals surface area contributed by atoms with Crippen LogP contribution in [0.1, 0.15) is 26.3 Å². The number of hydrogen-bond donors (Lipinski definition) is 1. The standard InChI is InChI=1S/C13H17N3O3/c1-13(2,3)11(12(17)18)19-10-6-4-5-9(7-10)8-15-16-14/h4-7,11,14H,8H2,1-3H3. The molecule has 0 heterocycles. The predicted octanol–water partition coefficient (Wildman–Crippen LogP) is 1.28. The average molecular weight is 263 g/mol. The third-order valence-corrected chi connectivity index (χ3v) is 2.48. The van der Waals surface area contributed by atoms with Gasteiger partial charge in [-0.25, -0.2) is 0 Å². The van der Waals surface area contributed by atoms with E-state index in [1.165, 1.54) is 0 Å². The molecule has 0 aromatic heterocycles. The Labute approximate surface area is 111 Å². The van der Waals surface area contributed by atoms with Gasteiger partial charge in [-0.1, -0.05) is 32.9 Å². The quantitative estimate of drug-likeness (QED) is 0.639. The van der Waals surface area contributed by atoms with Gasteiger partial charge in [0, 0.05) is 5.41 Å². The summed E-state index contributed by atoms with van der Waals surface area (Å²) in [4.78, 5) is 14.0. The summed E-state index contributed by atoms with van der Waals surface area (Å²) in [6.07, 6.45) is -1.04. The number of rotatable bonds is 5. The molecule has 1 aromatic rings. The second-order valence-corrected chi connectivity index (χ2v) is 5.23. The van der Waals surface area contributed by atoms with Crippen molar-refractivity contribution in [2.75, 3.05) is 0 Å². The Kier molecular flexibility index (Phi) is 4.78. The molecule has 6 heteroatoms. The summed E-state index contributed by atoms with van der Waals surface area (Å²) in [5.41, 5.74) is 6.82. The van der Waals surface area contributed by atoms with Crippen LogP contribution in [0.2, 0.25) is 0 Å². The Morgan fingerprint density at radius 3 is 2.74 bits per heavy atom. The first kappa shape index (κ1) is 14.9. The zero-order chi connectivity index (χ0) is 14.5. The third-order valence-electron chi connectivity index (χ3n) is 2.48. The molecule has 0 amide bonds. The number of nitrogens with zero attached hydrogens (tertiary/aromatic N) is 2.